The Morgan fingerprint density at radius 2 is 2.00 bits per heavy atom. The van der Waals surface area contributed by atoms with Gasteiger partial charge in [0.2, 0.25) is 0 Å². The number of nitrogens with zero attached hydrogens (tertiary/aromatic N) is 2. The highest BCUT2D eigenvalue weighted by Gasteiger charge is 2.27. The summed E-state index contributed by atoms with van der Waals surface area (Å²) >= 11 is 0. The Hall–Kier alpha value is -2.95. The molecule has 0 amide bonds. The highest BCUT2D eigenvalue weighted by molar-refractivity contribution is 7.90. The number of rotatable bonds is 7. The highest BCUT2D eigenvalue weighted by Crippen LogP contribution is 2.33. The molecule has 0 aromatic heterocycles. The van der Waals surface area contributed by atoms with Gasteiger partial charge in [-0.2, -0.15) is 8.78 Å². The monoisotopic (exact) mass is 427 g/mol. The Labute approximate surface area is 166 Å². The zero-order chi connectivity index (χ0) is 21.2. The van der Waals surface area contributed by atoms with Gasteiger partial charge >= 0.3 is 6.61 Å². The molecule has 1 heterocycles. The molecular weight excluding hydrogens is 408 g/mol. The molecule has 1 fully saturated rings. The van der Waals surface area contributed by atoms with E-state index < -0.39 is 21.4 Å². The number of hydrogen-bond acceptors (Lipinski definition) is 7. The van der Waals surface area contributed by atoms with Crippen molar-refractivity contribution < 1.29 is 26.9 Å². The van der Waals surface area contributed by atoms with E-state index in [9.17, 15) is 27.3 Å². The fourth-order valence-corrected chi connectivity index (χ4v) is 4.14. The molecule has 29 heavy (non-hydrogen) atoms. The molecule has 8 nitrogen and oxygen atoms in total. The summed E-state index contributed by atoms with van der Waals surface area (Å²) in [4.78, 5) is 12.0. The second-order valence-electron chi connectivity index (χ2n) is 6.63. The first-order chi connectivity index (χ1) is 13.6. The number of alkyl halides is 2. The van der Waals surface area contributed by atoms with Crippen LogP contribution in [0.4, 0.5) is 25.8 Å². The number of nitro benzene ring substituents is 1. The number of nitro groups is 1. The van der Waals surface area contributed by atoms with Crippen molar-refractivity contribution in [2.75, 3.05) is 29.6 Å². The topological polar surface area (TPSA) is 102 Å². The summed E-state index contributed by atoms with van der Waals surface area (Å²) in [7, 11) is -3.70. The van der Waals surface area contributed by atoms with E-state index in [1.54, 1.807) is 18.2 Å². The molecular formula is C18H19F2N3O5S. The van der Waals surface area contributed by atoms with Gasteiger partial charge in [-0.3, -0.25) is 10.1 Å². The third-order valence-electron chi connectivity index (χ3n) is 4.55. The maximum absolute atomic E-state index is 12.6. The Morgan fingerprint density at radius 1 is 1.28 bits per heavy atom. The van der Waals surface area contributed by atoms with Crippen LogP contribution < -0.4 is 15.0 Å². The number of anilines is 2. The summed E-state index contributed by atoms with van der Waals surface area (Å²) in [6.45, 7) is -1.98. The van der Waals surface area contributed by atoms with Gasteiger partial charge in [-0.25, -0.2) is 8.42 Å². The number of benzene rings is 2. The van der Waals surface area contributed by atoms with E-state index in [0.29, 0.717) is 25.2 Å². The van der Waals surface area contributed by atoms with E-state index in [2.05, 4.69) is 10.1 Å². The number of hydrogen-bond donors (Lipinski definition) is 1. The van der Waals surface area contributed by atoms with Crippen LogP contribution in [0.25, 0.3) is 0 Å². The van der Waals surface area contributed by atoms with Gasteiger partial charge in [0.1, 0.15) is 5.75 Å². The molecule has 1 aliphatic heterocycles. The van der Waals surface area contributed by atoms with Crippen LogP contribution in [0.2, 0.25) is 0 Å². The first-order valence-corrected chi connectivity index (χ1v) is 10.6. The lowest BCUT2D eigenvalue weighted by atomic mass is 10.2. The smallest absolute Gasteiger partial charge is 0.387 e. The SMILES string of the molecule is CS(=O)(=O)c1cc([N+](=O)[O-])ccc1NC1CCN(c2ccccc2OC(F)F)C1. The Kier molecular flexibility index (Phi) is 5.87. The molecule has 0 radical (unpaired) electrons. The Bertz CT molecular complexity index is 1020. The van der Waals surface area contributed by atoms with Crippen molar-refractivity contribution in [3.05, 3.63) is 52.6 Å². The first-order valence-electron chi connectivity index (χ1n) is 8.69. The number of halogens is 2. The fraction of sp³-hybridized carbons (Fsp3) is 0.333. The van der Waals surface area contributed by atoms with Crippen LogP contribution in [0.1, 0.15) is 6.42 Å². The van der Waals surface area contributed by atoms with Crippen molar-refractivity contribution in [1.82, 2.24) is 0 Å². The highest BCUT2D eigenvalue weighted by atomic mass is 32.2. The summed E-state index contributed by atoms with van der Waals surface area (Å²) in [5.41, 5.74) is 0.466. The van der Waals surface area contributed by atoms with Crippen LogP contribution in [0.15, 0.2) is 47.4 Å². The predicted octanol–water partition coefficient (Wildman–Crippen LogP) is 3.29. The van der Waals surface area contributed by atoms with Gasteiger partial charge in [0, 0.05) is 37.5 Å². The van der Waals surface area contributed by atoms with E-state index >= 15 is 0 Å². The largest absolute Gasteiger partial charge is 0.433 e. The van der Waals surface area contributed by atoms with Crippen LogP contribution >= 0.6 is 0 Å². The van der Waals surface area contributed by atoms with Crippen molar-refractivity contribution >= 4 is 26.9 Å². The summed E-state index contributed by atoms with van der Waals surface area (Å²) in [5.74, 6) is 0.0651. The van der Waals surface area contributed by atoms with E-state index in [1.807, 2.05) is 4.90 Å². The molecule has 156 valence electrons. The van der Waals surface area contributed by atoms with Gasteiger partial charge < -0.3 is 15.0 Å². The number of para-hydroxylation sites is 2. The van der Waals surface area contributed by atoms with E-state index in [0.717, 1.165) is 12.3 Å². The summed E-state index contributed by atoms with van der Waals surface area (Å²) in [6, 6.07) is 9.89. The van der Waals surface area contributed by atoms with E-state index in [-0.39, 0.29) is 28.1 Å². The first kappa shape index (κ1) is 20.8. The van der Waals surface area contributed by atoms with E-state index in [4.69, 9.17) is 0 Å². The summed E-state index contributed by atoms with van der Waals surface area (Å²) in [5, 5.41) is 14.1. The van der Waals surface area contributed by atoms with Crippen LogP contribution in [-0.2, 0) is 9.84 Å². The zero-order valence-electron chi connectivity index (χ0n) is 15.4. The average molecular weight is 427 g/mol. The molecule has 0 saturated carbocycles. The third-order valence-corrected chi connectivity index (χ3v) is 5.68. The lowest BCUT2D eigenvalue weighted by molar-refractivity contribution is -0.385. The van der Waals surface area contributed by atoms with Gasteiger partial charge in [0.15, 0.2) is 9.84 Å². The van der Waals surface area contributed by atoms with Crippen LogP contribution in [-0.4, -0.2) is 45.3 Å². The summed E-state index contributed by atoms with van der Waals surface area (Å²) < 4.78 is 54.0. The van der Waals surface area contributed by atoms with Gasteiger partial charge in [-0.15, -0.1) is 0 Å². The Morgan fingerprint density at radius 3 is 2.66 bits per heavy atom. The normalized spacial score (nSPS) is 16.8. The molecule has 2 aromatic rings. The van der Waals surface area contributed by atoms with Crippen LogP contribution in [0, 0.1) is 10.1 Å². The molecule has 0 aliphatic carbocycles. The number of ether oxygens (including phenoxy) is 1. The van der Waals surface area contributed by atoms with Crippen molar-refractivity contribution in [2.24, 2.45) is 0 Å². The molecule has 1 N–H and O–H groups in total. The van der Waals surface area contributed by atoms with Crippen LogP contribution in [0.3, 0.4) is 0 Å². The standard InChI is InChI=1S/C18H19F2N3O5S/c1-29(26,27)17-10-13(23(24)25)6-7-14(17)21-12-8-9-22(11-12)15-4-2-3-5-16(15)28-18(19)20/h2-7,10,12,18,21H,8-9,11H2,1H3. The molecule has 3 rings (SSSR count). The van der Waals surface area contributed by atoms with Crippen LogP contribution in [0.5, 0.6) is 5.75 Å². The molecule has 11 heteroatoms. The number of nitrogens with one attached hydrogen (secondary N) is 1. The molecule has 1 unspecified atom stereocenters. The zero-order valence-corrected chi connectivity index (χ0v) is 16.2. The average Bonchev–Trinajstić information content (AvgIpc) is 3.09. The predicted molar refractivity (Wildman–Crippen MR) is 104 cm³/mol. The maximum Gasteiger partial charge on any atom is 0.387 e. The molecule has 0 spiro atoms. The van der Waals surface area contributed by atoms with Crippen molar-refractivity contribution in [3.8, 4) is 5.75 Å². The van der Waals surface area contributed by atoms with Gasteiger partial charge in [-0.05, 0) is 24.6 Å². The molecule has 0 bridgehead atoms. The van der Waals surface area contributed by atoms with E-state index in [1.165, 1.54) is 18.2 Å². The van der Waals surface area contributed by atoms with Crippen molar-refractivity contribution in [2.45, 2.75) is 24.0 Å². The number of sulfone groups is 1. The number of non-ortho nitro benzene ring substituents is 1. The van der Waals surface area contributed by atoms with Gasteiger partial charge in [0.05, 0.1) is 21.2 Å². The minimum atomic E-state index is -3.70. The minimum absolute atomic E-state index is 0.0651. The Balaban J connectivity index is 1.80. The fourth-order valence-electron chi connectivity index (χ4n) is 3.28. The summed E-state index contributed by atoms with van der Waals surface area (Å²) in [6.07, 6.45) is 1.60. The molecule has 1 saturated heterocycles. The second-order valence-corrected chi connectivity index (χ2v) is 8.62. The lowest BCUT2D eigenvalue weighted by Gasteiger charge is -2.22. The third kappa shape index (κ3) is 4.91. The maximum atomic E-state index is 12.6. The van der Waals surface area contributed by atoms with Gasteiger partial charge in [-0.1, -0.05) is 12.1 Å². The minimum Gasteiger partial charge on any atom is -0.433 e. The van der Waals surface area contributed by atoms with Crippen molar-refractivity contribution in [3.63, 3.8) is 0 Å². The molecule has 1 atom stereocenters. The van der Waals surface area contributed by atoms with Crippen molar-refractivity contribution in [1.29, 1.82) is 0 Å². The molecule has 1 aliphatic rings. The second kappa shape index (κ2) is 8.19. The van der Waals surface area contributed by atoms with Gasteiger partial charge in [0.25, 0.3) is 5.69 Å². The molecule has 2 aromatic carbocycles. The lowest BCUT2D eigenvalue weighted by Crippen LogP contribution is -2.27. The quantitative estimate of drug-likeness (QED) is 0.534.